The lowest BCUT2D eigenvalue weighted by Crippen LogP contribution is -2.33. The van der Waals surface area contributed by atoms with Crippen LogP contribution < -0.4 is 10.6 Å². The van der Waals surface area contributed by atoms with Crippen molar-refractivity contribution in [3.8, 4) is 6.07 Å². The van der Waals surface area contributed by atoms with Crippen molar-refractivity contribution in [1.82, 2.24) is 5.32 Å². The van der Waals surface area contributed by atoms with E-state index in [0.29, 0.717) is 11.3 Å². The highest BCUT2D eigenvalue weighted by Crippen LogP contribution is 2.13. The van der Waals surface area contributed by atoms with Gasteiger partial charge in [0, 0.05) is 6.08 Å². The molecule has 0 saturated carbocycles. The summed E-state index contributed by atoms with van der Waals surface area (Å²) < 4.78 is 0. The number of nitrogens with zero attached hydrogens (tertiary/aromatic N) is 1. The van der Waals surface area contributed by atoms with Crippen molar-refractivity contribution >= 4 is 35.0 Å². The maximum absolute atomic E-state index is 11.8. The van der Waals surface area contributed by atoms with Crippen LogP contribution in [0.25, 0.3) is 6.08 Å². The first-order valence-electron chi connectivity index (χ1n) is 6.94. The van der Waals surface area contributed by atoms with Crippen LogP contribution >= 0.6 is 12.2 Å². The van der Waals surface area contributed by atoms with Crippen LogP contribution in [0.3, 0.4) is 0 Å². The zero-order valence-corrected chi connectivity index (χ0v) is 13.4. The second-order valence-corrected chi connectivity index (χ2v) is 5.25. The molecule has 5 heteroatoms. The maximum Gasteiger partial charge on any atom is 0.250 e. The van der Waals surface area contributed by atoms with E-state index < -0.39 is 0 Å². The van der Waals surface area contributed by atoms with E-state index >= 15 is 0 Å². The highest BCUT2D eigenvalue weighted by molar-refractivity contribution is 7.80. The summed E-state index contributed by atoms with van der Waals surface area (Å²) in [6, 6.07) is 16.8. The number of hydrogen-bond donors (Lipinski definition) is 2. The molecule has 0 bridgehead atoms. The lowest BCUT2D eigenvalue weighted by molar-refractivity contribution is -0.115. The molecule has 0 aliphatic heterocycles. The molecule has 0 spiro atoms. The molecule has 2 aromatic carbocycles. The molecule has 0 aliphatic carbocycles. The third-order valence-electron chi connectivity index (χ3n) is 3.04. The first kappa shape index (κ1) is 16.4. The van der Waals surface area contributed by atoms with Gasteiger partial charge in [0.25, 0.3) is 0 Å². The van der Waals surface area contributed by atoms with Gasteiger partial charge in [-0.3, -0.25) is 10.1 Å². The Bertz CT molecular complexity index is 789. The van der Waals surface area contributed by atoms with E-state index in [4.69, 9.17) is 17.5 Å². The Labute approximate surface area is 140 Å². The number of thiocarbonyl (C=S) groups is 1. The zero-order chi connectivity index (χ0) is 16.7. The van der Waals surface area contributed by atoms with Crippen molar-refractivity contribution in [1.29, 1.82) is 5.26 Å². The minimum atomic E-state index is -0.336. The van der Waals surface area contributed by atoms with Crippen LogP contribution in [-0.4, -0.2) is 11.0 Å². The third-order valence-corrected chi connectivity index (χ3v) is 3.24. The van der Waals surface area contributed by atoms with Gasteiger partial charge in [-0.1, -0.05) is 42.0 Å². The second-order valence-electron chi connectivity index (χ2n) is 4.84. The number of carbonyl (C=O) groups excluding carboxylic acids is 1. The molecule has 1 amide bonds. The number of para-hydroxylation sites is 1. The molecule has 2 aromatic rings. The van der Waals surface area contributed by atoms with Crippen molar-refractivity contribution in [2.75, 3.05) is 5.32 Å². The number of aryl methyl sites for hydroxylation is 1. The minimum absolute atomic E-state index is 0.145. The summed E-state index contributed by atoms with van der Waals surface area (Å²) in [7, 11) is 0. The SMILES string of the molecule is Cc1ccc(C=CC(=O)NC(=S)Nc2ccccc2C#N)cc1. The van der Waals surface area contributed by atoms with Crippen LogP contribution in [0.5, 0.6) is 0 Å². The Morgan fingerprint density at radius 1 is 1.17 bits per heavy atom. The summed E-state index contributed by atoms with van der Waals surface area (Å²) in [6.45, 7) is 2.00. The Morgan fingerprint density at radius 2 is 1.87 bits per heavy atom. The van der Waals surface area contributed by atoms with Gasteiger partial charge >= 0.3 is 0 Å². The standard InChI is InChI=1S/C18H15N3OS/c1-13-6-8-14(9-7-13)10-11-17(22)21-18(23)20-16-5-3-2-4-15(16)12-19/h2-11H,1H3,(H2,20,21,22,23). The third kappa shape index (κ3) is 5.06. The molecule has 0 aliphatic rings. The number of hydrogen-bond acceptors (Lipinski definition) is 3. The molecule has 2 N–H and O–H groups in total. The fourth-order valence-corrected chi connectivity index (χ4v) is 2.06. The van der Waals surface area contributed by atoms with E-state index in [-0.39, 0.29) is 11.0 Å². The van der Waals surface area contributed by atoms with Crippen LogP contribution in [0.1, 0.15) is 16.7 Å². The van der Waals surface area contributed by atoms with Gasteiger partial charge in [0.05, 0.1) is 11.3 Å². The number of nitriles is 1. The summed E-state index contributed by atoms with van der Waals surface area (Å²) in [5, 5.41) is 14.5. The van der Waals surface area contributed by atoms with E-state index in [9.17, 15) is 4.79 Å². The summed E-state index contributed by atoms with van der Waals surface area (Å²) in [4.78, 5) is 11.8. The van der Waals surface area contributed by atoms with E-state index in [1.165, 1.54) is 6.08 Å². The fourth-order valence-electron chi connectivity index (χ4n) is 1.85. The van der Waals surface area contributed by atoms with Crippen molar-refractivity contribution < 1.29 is 4.79 Å². The summed E-state index contributed by atoms with van der Waals surface area (Å²) in [6.07, 6.45) is 3.12. The first-order valence-corrected chi connectivity index (χ1v) is 7.35. The Kier molecular flexibility index (Phi) is 5.61. The predicted octanol–water partition coefficient (Wildman–Crippen LogP) is 3.39. The molecule has 0 fully saturated rings. The van der Waals surface area contributed by atoms with Gasteiger partial charge < -0.3 is 5.32 Å². The highest BCUT2D eigenvalue weighted by Gasteiger charge is 2.05. The monoisotopic (exact) mass is 321 g/mol. The molecule has 114 valence electrons. The number of carbonyl (C=O) groups is 1. The first-order chi connectivity index (χ1) is 11.1. The Morgan fingerprint density at radius 3 is 2.57 bits per heavy atom. The molecule has 0 unspecified atom stereocenters. The topological polar surface area (TPSA) is 64.9 Å². The molecule has 0 heterocycles. The maximum atomic E-state index is 11.8. The number of anilines is 1. The highest BCUT2D eigenvalue weighted by atomic mass is 32.1. The largest absolute Gasteiger partial charge is 0.331 e. The molecule has 0 saturated heterocycles. The van der Waals surface area contributed by atoms with Gasteiger partial charge in [0.15, 0.2) is 5.11 Å². The predicted molar refractivity (Wildman–Crippen MR) is 95.7 cm³/mol. The van der Waals surface area contributed by atoms with Crippen molar-refractivity contribution in [2.45, 2.75) is 6.92 Å². The second kappa shape index (κ2) is 7.87. The van der Waals surface area contributed by atoms with Gasteiger partial charge in [-0.05, 0) is 42.9 Å². The van der Waals surface area contributed by atoms with Crippen LogP contribution in [0.4, 0.5) is 5.69 Å². The number of benzene rings is 2. The van der Waals surface area contributed by atoms with Crippen molar-refractivity contribution in [3.05, 3.63) is 71.3 Å². The average Bonchev–Trinajstić information content (AvgIpc) is 2.54. The van der Waals surface area contributed by atoms with Crippen LogP contribution in [0, 0.1) is 18.3 Å². The summed E-state index contributed by atoms with van der Waals surface area (Å²) in [5.41, 5.74) is 3.11. The van der Waals surface area contributed by atoms with Gasteiger partial charge in [-0.2, -0.15) is 5.26 Å². The summed E-state index contributed by atoms with van der Waals surface area (Å²) >= 11 is 5.08. The fraction of sp³-hybridized carbons (Fsp3) is 0.0556. The zero-order valence-electron chi connectivity index (χ0n) is 12.5. The van der Waals surface area contributed by atoms with Gasteiger partial charge in [0.2, 0.25) is 5.91 Å². The number of rotatable bonds is 3. The van der Waals surface area contributed by atoms with Gasteiger partial charge in [0.1, 0.15) is 6.07 Å². The van der Waals surface area contributed by atoms with Crippen molar-refractivity contribution in [3.63, 3.8) is 0 Å². The van der Waals surface area contributed by atoms with Crippen LogP contribution in [0.15, 0.2) is 54.6 Å². The van der Waals surface area contributed by atoms with Crippen molar-refractivity contribution in [2.24, 2.45) is 0 Å². The Hall–Kier alpha value is -2.97. The molecule has 2 rings (SSSR count). The quantitative estimate of drug-likeness (QED) is 0.672. The normalized spacial score (nSPS) is 10.1. The van der Waals surface area contributed by atoms with Gasteiger partial charge in [-0.15, -0.1) is 0 Å². The number of amides is 1. The molecular formula is C18H15N3OS. The van der Waals surface area contributed by atoms with Gasteiger partial charge in [-0.25, -0.2) is 0 Å². The van der Waals surface area contributed by atoms with E-state index in [1.807, 2.05) is 31.2 Å². The molecule has 0 atom stereocenters. The van der Waals surface area contributed by atoms with Crippen LogP contribution in [-0.2, 0) is 4.79 Å². The van der Waals surface area contributed by atoms with Crippen LogP contribution in [0.2, 0.25) is 0 Å². The summed E-state index contributed by atoms with van der Waals surface area (Å²) in [5.74, 6) is -0.336. The van der Waals surface area contributed by atoms with E-state index in [2.05, 4.69) is 16.7 Å². The minimum Gasteiger partial charge on any atom is -0.331 e. The molecule has 4 nitrogen and oxygen atoms in total. The van der Waals surface area contributed by atoms with E-state index in [1.54, 1.807) is 30.3 Å². The molecule has 0 radical (unpaired) electrons. The number of nitrogens with one attached hydrogen (secondary N) is 2. The molecular weight excluding hydrogens is 306 g/mol. The molecule has 0 aromatic heterocycles. The van der Waals surface area contributed by atoms with E-state index in [0.717, 1.165) is 11.1 Å². The smallest absolute Gasteiger partial charge is 0.250 e. The lowest BCUT2D eigenvalue weighted by atomic mass is 10.1. The average molecular weight is 321 g/mol. The Balaban J connectivity index is 1.93. The lowest BCUT2D eigenvalue weighted by Gasteiger charge is -2.09. The molecule has 23 heavy (non-hydrogen) atoms.